The topological polar surface area (TPSA) is 132 Å². The fourth-order valence-electron chi connectivity index (χ4n) is 10.9. The van der Waals surface area contributed by atoms with Crippen molar-refractivity contribution in [2.45, 2.75) is 74.8 Å². The lowest BCUT2D eigenvalue weighted by molar-refractivity contribution is -0.220. The highest BCUT2D eigenvalue weighted by atomic mass is 16.7. The smallest absolute Gasteiger partial charge is 0.310 e. The van der Waals surface area contributed by atoms with Crippen LogP contribution in [-0.2, 0) is 28.5 Å². The Balaban J connectivity index is 0.000000158. The predicted octanol–water partition coefficient (Wildman–Crippen LogP) is 8.09. The van der Waals surface area contributed by atoms with Gasteiger partial charge in [-0.2, -0.15) is 0 Å². The molecule has 10 heteroatoms. The standard InChI is InChI=1S/C29H27N3O3.C16H18O4/c1-28(15-24-21-11-5-4-10-20(21)23(28)16-29(24)34-13-14-35-29)26(33)32-27-30-17-25(31-27)22-12-6-8-18-7-2-3-9-19(18)22;1-15(14(17)18)8-13-11-5-3-2-4-10(11)12(15)9-16(13)19-6-7-20-16/h2-12,17,23-24H,13-16H2,1H3,(H2,30,31,32,33);2-5,12-13H,6-9H2,1H3,(H,17,18). The highest BCUT2D eigenvalue weighted by molar-refractivity contribution is 5.97. The highest BCUT2D eigenvalue weighted by Crippen LogP contribution is 2.65. The Morgan fingerprint density at radius 2 is 1.15 bits per heavy atom. The first-order valence-electron chi connectivity index (χ1n) is 19.5. The summed E-state index contributed by atoms with van der Waals surface area (Å²) in [6.07, 6.45) is 4.40. The summed E-state index contributed by atoms with van der Waals surface area (Å²) < 4.78 is 24.2. The van der Waals surface area contributed by atoms with E-state index in [2.05, 4.69) is 82.9 Å². The maximum atomic E-state index is 13.8. The maximum absolute atomic E-state index is 13.8. The Morgan fingerprint density at radius 1 is 0.655 bits per heavy atom. The summed E-state index contributed by atoms with van der Waals surface area (Å²) in [6.45, 7) is 6.37. The summed E-state index contributed by atoms with van der Waals surface area (Å²) in [6, 6.07) is 31.1. The van der Waals surface area contributed by atoms with Crippen LogP contribution in [0.25, 0.3) is 22.0 Å². The van der Waals surface area contributed by atoms with Gasteiger partial charge in [-0.05, 0) is 52.8 Å². The zero-order valence-corrected chi connectivity index (χ0v) is 31.0. The number of nitrogens with zero attached hydrogens (tertiary/aromatic N) is 1. The normalized spacial score (nSPS) is 30.1. The largest absolute Gasteiger partial charge is 0.481 e. The van der Waals surface area contributed by atoms with E-state index in [1.165, 1.54) is 27.6 Å². The number of anilines is 1. The summed E-state index contributed by atoms with van der Waals surface area (Å²) >= 11 is 0. The number of hydrogen-bond acceptors (Lipinski definition) is 7. The molecule has 1 aromatic heterocycles. The molecule has 5 aromatic rings. The van der Waals surface area contributed by atoms with Gasteiger partial charge in [0, 0.05) is 42.1 Å². The number of carboxylic acid groups (broad SMARTS) is 1. The van der Waals surface area contributed by atoms with Crippen LogP contribution in [0.15, 0.2) is 97.2 Å². The molecule has 282 valence electrons. The third kappa shape index (κ3) is 5.18. The number of nitrogens with one attached hydrogen (secondary N) is 2. The lowest BCUT2D eigenvalue weighted by Crippen LogP contribution is -2.56. The monoisotopic (exact) mass is 739 g/mol. The van der Waals surface area contributed by atoms with E-state index in [1.807, 2.05) is 37.3 Å². The average Bonchev–Trinajstić information content (AvgIpc) is 3.99. The molecule has 8 aliphatic rings. The molecular weight excluding hydrogens is 695 g/mol. The third-order valence-electron chi connectivity index (χ3n) is 13.8. The first-order chi connectivity index (χ1) is 26.6. The molecule has 4 fully saturated rings. The minimum atomic E-state index is -0.723. The van der Waals surface area contributed by atoms with Gasteiger partial charge in [-0.3, -0.25) is 14.9 Å². The number of carboxylic acids is 1. The van der Waals surface area contributed by atoms with E-state index in [4.69, 9.17) is 18.9 Å². The number of imidazole rings is 1. The Kier molecular flexibility index (Phi) is 7.91. The number of aromatic nitrogens is 2. The number of rotatable bonds is 4. The van der Waals surface area contributed by atoms with Gasteiger partial charge in [0.2, 0.25) is 11.9 Å². The van der Waals surface area contributed by atoms with Gasteiger partial charge in [0.15, 0.2) is 11.6 Å². The van der Waals surface area contributed by atoms with Crippen LogP contribution in [0.2, 0.25) is 0 Å². The van der Waals surface area contributed by atoms with Crippen LogP contribution in [0.1, 0.15) is 85.5 Å². The zero-order valence-electron chi connectivity index (χ0n) is 31.0. The van der Waals surface area contributed by atoms with Crippen LogP contribution < -0.4 is 5.32 Å². The van der Waals surface area contributed by atoms with Crippen LogP contribution in [0.3, 0.4) is 0 Å². The van der Waals surface area contributed by atoms with E-state index in [9.17, 15) is 14.7 Å². The molecule has 4 bridgehead atoms. The number of carbonyl (C=O) groups excluding carboxylic acids is 1. The number of benzene rings is 4. The lowest BCUT2D eigenvalue weighted by Gasteiger charge is -2.56. The van der Waals surface area contributed by atoms with Gasteiger partial charge >= 0.3 is 5.97 Å². The van der Waals surface area contributed by atoms with Crippen LogP contribution in [0.5, 0.6) is 0 Å². The number of ether oxygens (including phenoxy) is 4. The molecule has 6 unspecified atom stereocenters. The summed E-state index contributed by atoms with van der Waals surface area (Å²) in [5, 5.41) is 15.1. The Hall–Kier alpha value is -4.87. The van der Waals surface area contributed by atoms with Crippen molar-refractivity contribution in [3.8, 4) is 11.3 Å². The summed E-state index contributed by atoms with van der Waals surface area (Å²) in [7, 11) is 0. The molecule has 10 nitrogen and oxygen atoms in total. The number of H-pyrrole nitrogens is 1. The van der Waals surface area contributed by atoms with Crippen molar-refractivity contribution < 1.29 is 33.6 Å². The van der Waals surface area contributed by atoms with E-state index in [-0.39, 0.29) is 29.6 Å². The average molecular weight is 740 g/mol. The van der Waals surface area contributed by atoms with Crippen molar-refractivity contribution >= 4 is 28.6 Å². The maximum Gasteiger partial charge on any atom is 0.310 e. The number of carbonyl (C=O) groups is 2. The van der Waals surface area contributed by atoms with Crippen LogP contribution in [0.4, 0.5) is 5.95 Å². The summed E-state index contributed by atoms with van der Waals surface area (Å²) in [5.74, 6) is -1.44. The van der Waals surface area contributed by atoms with Gasteiger partial charge in [0.1, 0.15) is 0 Å². The molecular formula is C45H45N3O7. The molecule has 6 atom stereocenters. The van der Waals surface area contributed by atoms with Crippen molar-refractivity contribution in [1.82, 2.24) is 9.97 Å². The second kappa shape index (κ2) is 12.6. The van der Waals surface area contributed by atoms with Gasteiger partial charge in [-0.25, -0.2) is 4.98 Å². The van der Waals surface area contributed by atoms with Crippen molar-refractivity contribution in [2.75, 3.05) is 31.7 Å². The van der Waals surface area contributed by atoms with Crippen molar-refractivity contribution in [2.24, 2.45) is 10.8 Å². The number of amides is 1. The Bertz CT molecular complexity index is 2320. The molecule has 3 N–H and O–H groups in total. The predicted molar refractivity (Wildman–Crippen MR) is 206 cm³/mol. The van der Waals surface area contributed by atoms with E-state index in [0.29, 0.717) is 58.1 Å². The quantitative estimate of drug-likeness (QED) is 0.169. The van der Waals surface area contributed by atoms with Gasteiger partial charge in [-0.1, -0.05) is 97.9 Å². The SMILES string of the molecule is CC1(C(=O)Nc2ncc(-c3cccc4ccccc34)[nH]2)CC2c3ccccc3C1CC21OCCO1.CC1(C(=O)O)CC2c3ccccc3C1CC21OCCO1. The highest BCUT2D eigenvalue weighted by Gasteiger charge is 2.64. The molecule has 55 heavy (non-hydrogen) atoms. The molecule has 0 radical (unpaired) electrons. The molecule has 6 aliphatic carbocycles. The van der Waals surface area contributed by atoms with Crippen LogP contribution >= 0.6 is 0 Å². The molecule has 13 rings (SSSR count). The summed E-state index contributed by atoms with van der Waals surface area (Å²) in [4.78, 5) is 33.4. The molecule has 2 saturated heterocycles. The van der Waals surface area contributed by atoms with E-state index < -0.39 is 28.4 Å². The Labute approximate surface area is 319 Å². The van der Waals surface area contributed by atoms with Gasteiger partial charge in [0.25, 0.3) is 0 Å². The fourth-order valence-corrected chi connectivity index (χ4v) is 10.9. The third-order valence-corrected chi connectivity index (χ3v) is 13.8. The second-order valence-electron chi connectivity index (χ2n) is 16.6. The first-order valence-corrected chi connectivity index (χ1v) is 19.5. The molecule has 4 aromatic carbocycles. The van der Waals surface area contributed by atoms with Gasteiger partial charge in [-0.15, -0.1) is 0 Å². The molecule has 1 amide bonds. The second-order valence-corrected chi connectivity index (χ2v) is 16.6. The minimum absolute atomic E-state index is 0.00861. The van der Waals surface area contributed by atoms with Crippen LogP contribution in [-0.4, -0.2) is 65.0 Å². The molecule has 2 spiro atoms. The van der Waals surface area contributed by atoms with E-state index in [1.54, 1.807) is 6.20 Å². The van der Waals surface area contributed by atoms with Crippen LogP contribution in [0, 0.1) is 10.8 Å². The Morgan fingerprint density at radius 3 is 1.73 bits per heavy atom. The van der Waals surface area contributed by atoms with Crippen molar-refractivity contribution in [3.05, 3.63) is 119 Å². The number of aromatic amines is 1. The molecule has 2 aliphatic heterocycles. The fraction of sp³-hybridized carbons (Fsp3) is 0.400. The van der Waals surface area contributed by atoms with Crippen molar-refractivity contribution in [3.63, 3.8) is 0 Å². The van der Waals surface area contributed by atoms with Gasteiger partial charge < -0.3 is 29.0 Å². The zero-order chi connectivity index (χ0) is 37.6. The summed E-state index contributed by atoms with van der Waals surface area (Å²) in [5.41, 5.74) is 5.50. The van der Waals surface area contributed by atoms with Crippen molar-refractivity contribution in [1.29, 1.82) is 0 Å². The van der Waals surface area contributed by atoms with Gasteiger partial charge in [0.05, 0.1) is 49.1 Å². The van der Waals surface area contributed by atoms with E-state index in [0.717, 1.165) is 16.6 Å². The van der Waals surface area contributed by atoms with E-state index >= 15 is 0 Å². The number of aliphatic carboxylic acids is 1. The first kappa shape index (κ1) is 34.6. The minimum Gasteiger partial charge on any atom is -0.481 e. The molecule has 2 saturated carbocycles. The lowest BCUT2D eigenvalue weighted by atomic mass is 9.52. The molecule has 3 heterocycles. The number of fused-ring (bicyclic) bond motifs is 3. The number of hydrogen-bond donors (Lipinski definition) is 3.